The number of fused-ring (bicyclic) bond motifs is 5. The minimum Gasteiger partial charge on any atom is -0.355 e. The van der Waals surface area contributed by atoms with Crippen LogP contribution in [-0.2, 0) is 9.59 Å². The van der Waals surface area contributed by atoms with Gasteiger partial charge in [-0.3, -0.25) is 9.59 Å². The van der Waals surface area contributed by atoms with Gasteiger partial charge in [-0.1, -0.05) is 19.4 Å². The molecule has 0 aromatic carbocycles. The first-order chi connectivity index (χ1) is 11.0. The second-order valence-corrected chi connectivity index (χ2v) is 8.93. The molecule has 0 aromatic heterocycles. The van der Waals surface area contributed by atoms with Crippen molar-refractivity contribution in [2.24, 2.45) is 28.6 Å². The van der Waals surface area contributed by atoms with Crippen molar-refractivity contribution < 1.29 is 9.59 Å². The van der Waals surface area contributed by atoms with Crippen molar-refractivity contribution in [2.75, 3.05) is 0 Å². The number of carbonyl (C=O) groups excluding carboxylic acids is 2. The fourth-order valence-electron chi connectivity index (χ4n) is 6.92. The standard InChI is InChI=1S/C20H29NO2/c1-19-9-7-14(23)11-13(19)3-4-15-16-5-6-18(21-12-22)20(16,2)10-8-17(15)19/h11-12,15-18H,3-10H2,1-2H3,(H,21,22)/t15-,16-,17+,18?,19-,20-/m0/s1. The van der Waals surface area contributed by atoms with Crippen molar-refractivity contribution in [1.82, 2.24) is 5.32 Å². The van der Waals surface area contributed by atoms with E-state index in [0.29, 0.717) is 11.8 Å². The van der Waals surface area contributed by atoms with Crippen LogP contribution >= 0.6 is 0 Å². The number of hydrogen-bond donors (Lipinski definition) is 1. The molecular formula is C20H29NO2. The molecule has 3 fully saturated rings. The predicted octanol–water partition coefficient (Wildman–Crippen LogP) is 3.63. The predicted molar refractivity (Wildman–Crippen MR) is 89.7 cm³/mol. The monoisotopic (exact) mass is 315 g/mol. The second-order valence-electron chi connectivity index (χ2n) is 8.93. The maximum absolute atomic E-state index is 11.9. The Morgan fingerprint density at radius 3 is 2.70 bits per heavy atom. The molecule has 0 aliphatic heterocycles. The van der Waals surface area contributed by atoms with Crippen molar-refractivity contribution >= 4 is 12.2 Å². The summed E-state index contributed by atoms with van der Waals surface area (Å²) in [6, 6.07) is 0.364. The molecule has 1 unspecified atom stereocenters. The smallest absolute Gasteiger partial charge is 0.207 e. The van der Waals surface area contributed by atoms with E-state index in [-0.39, 0.29) is 10.8 Å². The molecule has 0 spiro atoms. The first-order valence-electron chi connectivity index (χ1n) is 9.42. The van der Waals surface area contributed by atoms with Gasteiger partial charge < -0.3 is 5.32 Å². The van der Waals surface area contributed by atoms with E-state index < -0.39 is 0 Å². The number of rotatable bonds is 2. The van der Waals surface area contributed by atoms with Gasteiger partial charge in [-0.05, 0) is 79.6 Å². The van der Waals surface area contributed by atoms with Crippen molar-refractivity contribution in [3.05, 3.63) is 11.6 Å². The van der Waals surface area contributed by atoms with E-state index in [9.17, 15) is 9.59 Å². The molecule has 3 saturated carbocycles. The summed E-state index contributed by atoms with van der Waals surface area (Å²) in [4.78, 5) is 22.8. The lowest BCUT2D eigenvalue weighted by molar-refractivity contribution is -0.117. The van der Waals surface area contributed by atoms with E-state index in [1.54, 1.807) is 0 Å². The van der Waals surface area contributed by atoms with Gasteiger partial charge in [-0.2, -0.15) is 0 Å². The molecule has 1 N–H and O–H groups in total. The minimum atomic E-state index is 0.258. The first-order valence-corrected chi connectivity index (χ1v) is 9.42. The molecule has 126 valence electrons. The summed E-state index contributed by atoms with van der Waals surface area (Å²) in [5.41, 5.74) is 1.98. The van der Waals surface area contributed by atoms with Crippen LogP contribution in [0, 0.1) is 28.6 Å². The van der Waals surface area contributed by atoms with Gasteiger partial charge in [0.15, 0.2) is 5.78 Å². The number of ketones is 1. The average molecular weight is 315 g/mol. The molecule has 0 heterocycles. The summed E-state index contributed by atoms with van der Waals surface area (Å²) in [5.74, 6) is 2.61. The molecule has 6 atom stereocenters. The van der Waals surface area contributed by atoms with E-state index >= 15 is 0 Å². The Morgan fingerprint density at radius 2 is 1.91 bits per heavy atom. The highest BCUT2D eigenvalue weighted by Gasteiger charge is 2.58. The molecule has 0 bridgehead atoms. The molecule has 23 heavy (non-hydrogen) atoms. The van der Waals surface area contributed by atoms with Gasteiger partial charge in [0.1, 0.15) is 0 Å². The van der Waals surface area contributed by atoms with E-state index in [1.165, 1.54) is 31.3 Å². The van der Waals surface area contributed by atoms with Gasteiger partial charge in [0.25, 0.3) is 0 Å². The van der Waals surface area contributed by atoms with Crippen molar-refractivity contribution in [3.63, 3.8) is 0 Å². The van der Waals surface area contributed by atoms with Crippen LogP contribution in [0.3, 0.4) is 0 Å². The van der Waals surface area contributed by atoms with Crippen molar-refractivity contribution in [3.8, 4) is 0 Å². The van der Waals surface area contributed by atoms with Gasteiger partial charge in [0, 0.05) is 12.5 Å². The summed E-state index contributed by atoms with van der Waals surface area (Å²) >= 11 is 0. The Balaban J connectivity index is 1.64. The Bertz CT molecular complexity index is 568. The zero-order valence-corrected chi connectivity index (χ0v) is 14.4. The normalized spacial score (nSPS) is 48.8. The lowest BCUT2D eigenvalue weighted by Crippen LogP contribution is -2.53. The Morgan fingerprint density at radius 1 is 1.09 bits per heavy atom. The van der Waals surface area contributed by atoms with Crippen LogP contribution in [0.4, 0.5) is 0 Å². The van der Waals surface area contributed by atoms with Crippen LogP contribution in [0.5, 0.6) is 0 Å². The van der Waals surface area contributed by atoms with E-state index in [1.807, 2.05) is 6.08 Å². The highest BCUT2D eigenvalue weighted by atomic mass is 16.1. The number of carbonyl (C=O) groups is 2. The second kappa shape index (κ2) is 5.19. The molecule has 0 saturated heterocycles. The SMILES string of the molecule is C[C@]12CCC(=O)C=C1CC[C@@H]1[C@H]2CC[C@]2(C)C(NC=O)CC[C@@H]12. The average Bonchev–Trinajstić information content (AvgIpc) is 2.85. The van der Waals surface area contributed by atoms with Gasteiger partial charge in [0.05, 0.1) is 0 Å². The van der Waals surface area contributed by atoms with Gasteiger partial charge >= 0.3 is 0 Å². The van der Waals surface area contributed by atoms with Crippen LogP contribution in [0.1, 0.15) is 65.2 Å². The molecule has 4 aliphatic rings. The highest BCUT2D eigenvalue weighted by Crippen LogP contribution is 2.65. The first kappa shape index (κ1) is 15.4. The maximum atomic E-state index is 11.9. The molecular weight excluding hydrogens is 286 g/mol. The Hall–Kier alpha value is -1.12. The Labute approximate surface area is 139 Å². The molecule has 4 rings (SSSR count). The highest BCUT2D eigenvalue weighted by molar-refractivity contribution is 5.91. The summed E-state index contributed by atoms with van der Waals surface area (Å²) in [7, 11) is 0. The van der Waals surface area contributed by atoms with E-state index in [2.05, 4.69) is 19.2 Å². The third-order valence-corrected chi connectivity index (χ3v) is 8.23. The van der Waals surface area contributed by atoms with Crippen LogP contribution < -0.4 is 5.32 Å². The molecule has 1 amide bonds. The van der Waals surface area contributed by atoms with Crippen molar-refractivity contribution in [1.29, 1.82) is 0 Å². The summed E-state index contributed by atoms with van der Waals surface area (Å²) in [5, 5.41) is 3.11. The summed E-state index contributed by atoms with van der Waals surface area (Å²) < 4.78 is 0. The number of amides is 1. The molecule has 4 aliphatic carbocycles. The van der Waals surface area contributed by atoms with Crippen molar-refractivity contribution in [2.45, 2.75) is 71.3 Å². The van der Waals surface area contributed by atoms with E-state index in [0.717, 1.165) is 49.8 Å². The molecule has 3 nitrogen and oxygen atoms in total. The van der Waals surface area contributed by atoms with E-state index in [4.69, 9.17) is 0 Å². The maximum Gasteiger partial charge on any atom is 0.207 e. The quantitative estimate of drug-likeness (QED) is 0.791. The van der Waals surface area contributed by atoms with Gasteiger partial charge in [-0.15, -0.1) is 0 Å². The van der Waals surface area contributed by atoms with Gasteiger partial charge in [-0.25, -0.2) is 0 Å². The van der Waals surface area contributed by atoms with Crippen LogP contribution in [0.2, 0.25) is 0 Å². The fraction of sp³-hybridized carbons (Fsp3) is 0.800. The molecule has 0 aromatic rings. The topological polar surface area (TPSA) is 46.2 Å². The number of nitrogens with one attached hydrogen (secondary N) is 1. The zero-order chi connectivity index (χ0) is 16.2. The summed E-state index contributed by atoms with van der Waals surface area (Å²) in [6.45, 7) is 4.85. The number of allylic oxidation sites excluding steroid dienone is 1. The lowest BCUT2D eigenvalue weighted by Gasteiger charge is -2.58. The third-order valence-electron chi connectivity index (χ3n) is 8.23. The van der Waals surface area contributed by atoms with Gasteiger partial charge in [0.2, 0.25) is 6.41 Å². The minimum absolute atomic E-state index is 0.258. The van der Waals surface area contributed by atoms with Crippen LogP contribution in [0.25, 0.3) is 0 Å². The third kappa shape index (κ3) is 2.08. The fourth-order valence-corrected chi connectivity index (χ4v) is 6.92. The summed E-state index contributed by atoms with van der Waals surface area (Å²) in [6.07, 6.45) is 11.9. The molecule has 3 heteroatoms. The largest absolute Gasteiger partial charge is 0.355 e. The number of hydrogen-bond acceptors (Lipinski definition) is 2. The van der Waals surface area contributed by atoms with Crippen LogP contribution in [-0.4, -0.2) is 18.2 Å². The molecule has 0 radical (unpaired) electrons. The van der Waals surface area contributed by atoms with Crippen LogP contribution in [0.15, 0.2) is 11.6 Å². The zero-order valence-electron chi connectivity index (χ0n) is 14.4. The Kier molecular flexibility index (Phi) is 3.48. The lowest BCUT2D eigenvalue weighted by atomic mass is 9.47.